The zero-order chi connectivity index (χ0) is 19.8. The molecule has 2 aromatic heterocycles. The Morgan fingerprint density at radius 1 is 1.18 bits per heavy atom. The molecule has 0 bridgehead atoms. The Morgan fingerprint density at radius 2 is 2.00 bits per heavy atom. The van der Waals surface area contributed by atoms with E-state index in [0.29, 0.717) is 13.1 Å². The summed E-state index contributed by atoms with van der Waals surface area (Å²) in [5.41, 5.74) is 5.69. The van der Waals surface area contributed by atoms with Crippen molar-refractivity contribution in [2.24, 2.45) is 5.92 Å². The largest absolute Gasteiger partial charge is 0.391 e. The minimum Gasteiger partial charge on any atom is -0.391 e. The molecule has 1 fully saturated rings. The molecular weight excluding hydrogens is 357 g/mol. The standard InChI is InChI=1S/C21H26FN5O/c1-13-7-19(24-23-13)9-17-11-26(12-21(17)28)10-16-8-18(22)4-5-20(16)27-15(3)6-14(2)25-27/h4-8,17,21,28H,9-12H2,1-3H3,(H,23,24). The van der Waals surface area contributed by atoms with Crippen LogP contribution in [0, 0.1) is 32.5 Å². The number of aromatic amines is 1. The Labute approximate surface area is 164 Å². The SMILES string of the molecule is Cc1cc(C)n(-c2ccc(F)cc2CN2CC(O)C(Cc3cc(C)[nH]n3)C2)n1. The number of β-amino-alcohol motifs (C(OH)–C–C–N with tert-alkyl or cyclic N) is 1. The van der Waals surface area contributed by atoms with E-state index in [1.165, 1.54) is 6.07 Å². The number of aliphatic hydroxyl groups excluding tert-OH is 1. The van der Waals surface area contributed by atoms with Gasteiger partial charge in [-0.05, 0) is 63.1 Å². The number of H-pyrrole nitrogens is 1. The number of aromatic nitrogens is 4. The van der Waals surface area contributed by atoms with E-state index in [1.807, 2.05) is 37.6 Å². The van der Waals surface area contributed by atoms with Gasteiger partial charge < -0.3 is 5.11 Å². The van der Waals surface area contributed by atoms with Gasteiger partial charge in [-0.15, -0.1) is 0 Å². The molecule has 1 aliphatic heterocycles. The van der Waals surface area contributed by atoms with Gasteiger partial charge in [0.2, 0.25) is 0 Å². The molecule has 4 rings (SSSR count). The number of hydrogen-bond donors (Lipinski definition) is 2. The van der Waals surface area contributed by atoms with Crippen LogP contribution in [0.5, 0.6) is 0 Å². The van der Waals surface area contributed by atoms with E-state index >= 15 is 0 Å². The van der Waals surface area contributed by atoms with E-state index in [-0.39, 0.29) is 11.7 Å². The molecule has 7 heteroatoms. The van der Waals surface area contributed by atoms with Crippen LogP contribution in [0.3, 0.4) is 0 Å². The van der Waals surface area contributed by atoms with E-state index in [2.05, 4.69) is 20.2 Å². The average molecular weight is 383 g/mol. The van der Waals surface area contributed by atoms with E-state index in [1.54, 1.807) is 12.1 Å². The first-order valence-electron chi connectivity index (χ1n) is 9.62. The van der Waals surface area contributed by atoms with Crippen molar-refractivity contribution in [2.45, 2.75) is 39.8 Å². The molecule has 3 aromatic rings. The Bertz CT molecular complexity index is 979. The lowest BCUT2D eigenvalue weighted by Crippen LogP contribution is -2.22. The van der Waals surface area contributed by atoms with Gasteiger partial charge in [-0.2, -0.15) is 10.2 Å². The maximum Gasteiger partial charge on any atom is 0.123 e. The van der Waals surface area contributed by atoms with Crippen molar-refractivity contribution >= 4 is 0 Å². The summed E-state index contributed by atoms with van der Waals surface area (Å²) < 4.78 is 15.8. The predicted molar refractivity (Wildman–Crippen MR) is 105 cm³/mol. The van der Waals surface area contributed by atoms with Crippen LogP contribution in [0.2, 0.25) is 0 Å². The molecule has 28 heavy (non-hydrogen) atoms. The molecule has 1 saturated heterocycles. The molecule has 2 N–H and O–H groups in total. The van der Waals surface area contributed by atoms with E-state index in [0.717, 1.165) is 47.0 Å². The fraction of sp³-hybridized carbons (Fsp3) is 0.429. The Hall–Kier alpha value is -2.51. The lowest BCUT2D eigenvalue weighted by atomic mass is 10.0. The summed E-state index contributed by atoms with van der Waals surface area (Å²) in [4.78, 5) is 2.18. The lowest BCUT2D eigenvalue weighted by Gasteiger charge is -2.19. The van der Waals surface area contributed by atoms with Crippen LogP contribution in [0.15, 0.2) is 30.3 Å². The van der Waals surface area contributed by atoms with Gasteiger partial charge in [-0.1, -0.05) is 0 Å². The van der Waals surface area contributed by atoms with Crippen molar-refractivity contribution in [1.29, 1.82) is 0 Å². The second-order valence-electron chi connectivity index (χ2n) is 7.88. The van der Waals surface area contributed by atoms with Crippen molar-refractivity contribution < 1.29 is 9.50 Å². The van der Waals surface area contributed by atoms with Crippen LogP contribution in [0.25, 0.3) is 5.69 Å². The maximum atomic E-state index is 14.0. The third kappa shape index (κ3) is 3.86. The molecule has 0 amide bonds. The number of nitrogens with one attached hydrogen (secondary N) is 1. The third-order valence-corrected chi connectivity index (χ3v) is 5.39. The van der Waals surface area contributed by atoms with Crippen LogP contribution in [-0.4, -0.2) is 49.2 Å². The Kier molecular flexibility index (Phi) is 5.03. The molecule has 0 spiro atoms. The molecule has 3 heterocycles. The third-order valence-electron chi connectivity index (χ3n) is 5.39. The summed E-state index contributed by atoms with van der Waals surface area (Å²) in [6.45, 7) is 7.80. The van der Waals surface area contributed by atoms with Gasteiger partial charge in [0.1, 0.15) is 5.82 Å². The first-order chi connectivity index (χ1) is 13.4. The topological polar surface area (TPSA) is 70.0 Å². The second kappa shape index (κ2) is 7.48. The number of aliphatic hydroxyl groups is 1. The highest BCUT2D eigenvalue weighted by Crippen LogP contribution is 2.26. The number of likely N-dealkylation sites (tertiary alicyclic amines) is 1. The van der Waals surface area contributed by atoms with Crippen molar-refractivity contribution in [3.8, 4) is 5.69 Å². The zero-order valence-electron chi connectivity index (χ0n) is 16.5. The second-order valence-corrected chi connectivity index (χ2v) is 7.88. The summed E-state index contributed by atoms with van der Waals surface area (Å²) in [5, 5.41) is 22.3. The number of rotatable bonds is 5. The van der Waals surface area contributed by atoms with Gasteiger partial charge in [0, 0.05) is 36.9 Å². The highest BCUT2D eigenvalue weighted by molar-refractivity contribution is 5.42. The van der Waals surface area contributed by atoms with Crippen LogP contribution >= 0.6 is 0 Å². The molecule has 1 aliphatic rings. The fourth-order valence-electron chi connectivity index (χ4n) is 4.12. The van der Waals surface area contributed by atoms with Gasteiger partial charge in [-0.3, -0.25) is 10.00 Å². The number of halogens is 1. The highest BCUT2D eigenvalue weighted by atomic mass is 19.1. The summed E-state index contributed by atoms with van der Waals surface area (Å²) in [7, 11) is 0. The van der Waals surface area contributed by atoms with E-state index in [4.69, 9.17) is 0 Å². The van der Waals surface area contributed by atoms with Gasteiger partial charge in [0.05, 0.1) is 23.2 Å². The van der Waals surface area contributed by atoms with Crippen LogP contribution in [0.4, 0.5) is 4.39 Å². The van der Waals surface area contributed by atoms with Crippen molar-refractivity contribution in [3.63, 3.8) is 0 Å². The fourth-order valence-corrected chi connectivity index (χ4v) is 4.12. The molecular formula is C21H26FN5O. The van der Waals surface area contributed by atoms with Gasteiger partial charge in [-0.25, -0.2) is 9.07 Å². The van der Waals surface area contributed by atoms with Crippen molar-refractivity contribution in [3.05, 3.63) is 64.5 Å². The van der Waals surface area contributed by atoms with Crippen LogP contribution in [0.1, 0.15) is 28.3 Å². The number of benzene rings is 1. The number of aryl methyl sites for hydroxylation is 3. The Balaban J connectivity index is 1.53. The maximum absolute atomic E-state index is 14.0. The summed E-state index contributed by atoms with van der Waals surface area (Å²) in [6, 6.07) is 8.84. The monoisotopic (exact) mass is 383 g/mol. The smallest absolute Gasteiger partial charge is 0.123 e. The Morgan fingerprint density at radius 3 is 2.68 bits per heavy atom. The van der Waals surface area contributed by atoms with Crippen molar-refractivity contribution in [1.82, 2.24) is 24.9 Å². The van der Waals surface area contributed by atoms with E-state index in [9.17, 15) is 9.50 Å². The van der Waals surface area contributed by atoms with Crippen molar-refractivity contribution in [2.75, 3.05) is 13.1 Å². The quantitative estimate of drug-likeness (QED) is 0.711. The van der Waals surface area contributed by atoms with Gasteiger partial charge >= 0.3 is 0 Å². The number of nitrogens with zero attached hydrogens (tertiary/aromatic N) is 4. The molecule has 0 radical (unpaired) electrons. The average Bonchev–Trinajstić information content (AvgIpc) is 3.28. The predicted octanol–water partition coefficient (Wildman–Crippen LogP) is 2.70. The van der Waals surface area contributed by atoms with Crippen LogP contribution < -0.4 is 0 Å². The van der Waals surface area contributed by atoms with E-state index < -0.39 is 6.10 Å². The summed E-state index contributed by atoms with van der Waals surface area (Å²) >= 11 is 0. The minimum atomic E-state index is -0.414. The molecule has 1 aromatic carbocycles. The normalized spacial score (nSPS) is 20.2. The summed E-state index contributed by atoms with van der Waals surface area (Å²) in [6.07, 6.45) is 0.317. The molecule has 0 aliphatic carbocycles. The zero-order valence-corrected chi connectivity index (χ0v) is 16.5. The van der Waals surface area contributed by atoms with Gasteiger partial charge in [0.25, 0.3) is 0 Å². The number of hydrogen-bond acceptors (Lipinski definition) is 4. The molecule has 6 nitrogen and oxygen atoms in total. The molecule has 2 unspecified atom stereocenters. The molecule has 148 valence electrons. The highest BCUT2D eigenvalue weighted by Gasteiger charge is 2.32. The first-order valence-corrected chi connectivity index (χ1v) is 9.62. The molecule has 0 saturated carbocycles. The van der Waals surface area contributed by atoms with Crippen LogP contribution in [-0.2, 0) is 13.0 Å². The minimum absolute atomic E-state index is 0.119. The summed E-state index contributed by atoms with van der Waals surface area (Å²) in [5.74, 6) is -0.142. The lowest BCUT2D eigenvalue weighted by molar-refractivity contribution is 0.140. The molecule has 2 atom stereocenters. The van der Waals surface area contributed by atoms with Gasteiger partial charge in [0.15, 0.2) is 0 Å². The first kappa shape index (κ1) is 18.8.